The van der Waals surface area contributed by atoms with Crippen molar-refractivity contribution in [3.63, 3.8) is 0 Å². The van der Waals surface area contributed by atoms with E-state index in [1.54, 1.807) is 37.5 Å². The zero-order valence-corrected chi connectivity index (χ0v) is 17.2. The van der Waals surface area contributed by atoms with E-state index in [0.29, 0.717) is 29.4 Å². The molecule has 1 aromatic heterocycles. The molecule has 0 spiro atoms. The van der Waals surface area contributed by atoms with Crippen LogP contribution < -0.4 is 20.7 Å². The Bertz CT molecular complexity index is 868. The lowest BCUT2D eigenvalue weighted by molar-refractivity contribution is 0.0963. The summed E-state index contributed by atoms with van der Waals surface area (Å²) >= 11 is 0. The lowest BCUT2D eigenvalue weighted by atomic mass is 9.98. The summed E-state index contributed by atoms with van der Waals surface area (Å²) in [6.45, 7) is 3.58. The van der Waals surface area contributed by atoms with Crippen molar-refractivity contribution in [3.8, 4) is 5.75 Å². The SMILES string of the molecule is CNC(=O)c1ccnc(CNCC2CCNCC2)c1N=CCOc1ccccc1F. The van der Waals surface area contributed by atoms with Gasteiger partial charge in [0, 0.05) is 26.0 Å². The van der Waals surface area contributed by atoms with E-state index in [9.17, 15) is 9.18 Å². The number of rotatable bonds is 9. The van der Waals surface area contributed by atoms with E-state index in [1.165, 1.54) is 12.3 Å². The number of aromatic nitrogens is 1. The number of benzene rings is 1. The Morgan fingerprint density at radius 2 is 2.13 bits per heavy atom. The molecule has 0 atom stereocenters. The van der Waals surface area contributed by atoms with Crippen LogP contribution in [-0.4, -0.2) is 50.4 Å². The molecule has 0 aliphatic carbocycles. The van der Waals surface area contributed by atoms with Gasteiger partial charge in [-0.1, -0.05) is 12.1 Å². The van der Waals surface area contributed by atoms with E-state index in [0.717, 1.165) is 32.5 Å². The first kappa shape index (κ1) is 21.9. The highest BCUT2D eigenvalue weighted by atomic mass is 19.1. The highest BCUT2D eigenvalue weighted by molar-refractivity contribution is 5.99. The number of ether oxygens (including phenoxy) is 1. The van der Waals surface area contributed by atoms with Crippen LogP contribution in [0.15, 0.2) is 41.5 Å². The lowest BCUT2D eigenvalue weighted by Crippen LogP contribution is -2.33. The summed E-state index contributed by atoms with van der Waals surface area (Å²) in [6, 6.07) is 7.83. The van der Waals surface area contributed by atoms with Crippen LogP contribution in [0.2, 0.25) is 0 Å². The molecule has 8 heteroatoms. The van der Waals surface area contributed by atoms with Crippen LogP contribution in [0.25, 0.3) is 0 Å². The van der Waals surface area contributed by atoms with Crippen LogP contribution in [0.5, 0.6) is 5.75 Å². The molecule has 3 rings (SSSR count). The van der Waals surface area contributed by atoms with E-state index >= 15 is 0 Å². The summed E-state index contributed by atoms with van der Waals surface area (Å²) in [6.07, 6.45) is 5.43. The second kappa shape index (κ2) is 11.4. The molecule has 160 valence electrons. The average Bonchev–Trinajstić information content (AvgIpc) is 2.78. The number of nitrogens with one attached hydrogen (secondary N) is 3. The zero-order chi connectivity index (χ0) is 21.2. The maximum absolute atomic E-state index is 13.7. The molecule has 0 bridgehead atoms. The van der Waals surface area contributed by atoms with Crippen LogP contribution in [-0.2, 0) is 6.54 Å². The molecule has 1 saturated heterocycles. The molecule has 0 saturated carbocycles. The number of hydrogen-bond donors (Lipinski definition) is 3. The van der Waals surface area contributed by atoms with Crippen molar-refractivity contribution in [3.05, 3.63) is 53.6 Å². The van der Waals surface area contributed by atoms with Gasteiger partial charge in [0.05, 0.1) is 16.9 Å². The lowest BCUT2D eigenvalue weighted by Gasteiger charge is -2.22. The van der Waals surface area contributed by atoms with Gasteiger partial charge in [0.15, 0.2) is 11.6 Å². The Morgan fingerprint density at radius 1 is 1.33 bits per heavy atom. The molecule has 1 aliphatic heterocycles. The molecule has 0 radical (unpaired) electrons. The fourth-order valence-electron chi connectivity index (χ4n) is 3.39. The van der Waals surface area contributed by atoms with Crippen molar-refractivity contribution in [2.45, 2.75) is 19.4 Å². The molecule has 1 fully saturated rings. The van der Waals surface area contributed by atoms with Gasteiger partial charge in [-0.15, -0.1) is 0 Å². The molecule has 2 aromatic rings. The Morgan fingerprint density at radius 3 is 2.90 bits per heavy atom. The van der Waals surface area contributed by atoms with E-state index in [-0.39, 0.29) is 18.3 Å². The molecular formula is C22H28FN5O2. The first-order valence-corrected chi connectivity index (χ1v) is 10.2. The van der Waals surface area contributed by atoms with E-state index < -0.39 is 5.82 Å². The van der Waals surface area contributed by atoms with Crippen LogP contribution in [0.1, 0.15) is 28.9 Å². The number of piperidine rings is 1. The first-order chi connectivity index (χ1) is 14.7. The number of halogens is 1. The molecule has 2 heterocycles. The number of pyridine rings is 1. The third kappa shape index (κ3) is 6.08. The number of carbonyl (C=O) groups excluding carboxylic acids is 1. The molecule has 7 nitrogen and oxygen atoms in total. The number of hydrogen-bond acceptors (Lipinski definition) is 6. The molecular weight excluding hydrogens is 385 g/mol. The number of carbonyl (C=O) groups is 1. The summed E-state index contributed by atoms with van der Waals surface area (Å²) in [7, 11) is 1.58. The summed E-state index contributed by atoms with van der Waals surface area (Å²) < 4.78 is 19.1. The van der Waals surface area contributed by atoms with Gasteiger partial charge >= 0.3 is 0 Å². The van der Waals surface area contributed by atoms with Crippen LogP contribution in [0.4, 0.5) is 10.1 Å². The molecule has 0 unspecified atom stereocenters. The van der Waals surface area contributed by atoms with Gasteiger partial charge < -0.3 is 20.7 Å². The van der Waals surface area contributed by atoms with Gasteiger partial charge in [0.1, 0.15) is 6.61 Å². The smallest absolute Gasteiger partial charge is 0.253 e. The summed E-state index contributed by atoms with van der Waals surface area (Å²) in [5.74, 6) is 0.125. The predicted octanol–water partition coefficient (Wildman–Crippen LogP) is 2.45. The van der Waals surface area contributed by atoms with E-state index in [4.69, 9.17) is 4.74 Å². The number of amides is 1. The summed E-state index contributed by atoms with van der Waals surface area (Å²) in [5.41, 5.74) is 1.62. The summed E-state index contributed by atoms with van der Waals surface area (Å²) in [5, 5.41) is 9.44. The molecule has 1 aromatic carbocycles. The monoisotopic (exact) mass is 413 g/mol. The van der Waals surface area contributed by atoms with Gasteiger partial charge in [-0.25, -0.2) is 4.39 Å². The minimum atomic E-state index is -0.430. The fraction of sp³-hybridized carbons (Fsp3) is 0.409. The Kier molecular flexibility index (Phi) is 8.29. The second-order valence-electron chi connectivity index (χ2n) is 7.11. The fourth-order valence-corrected chi connectivity index (χ4v) is 3.39. The normalized spacial score (nSPS) is 14.7. The molecule has 30 heavy (non-hydrogen) atoms. The van der Waals surface area contributed by atoms with Gasteiger partial charge in [0.25, 0.3) is 5.91 Å². The van der Waals surface area contributed by atoms with Crippen molar-refractivity contribution >= 4 is 17.8 Å². The van der Waals surface area contributed by atoms with Crippen LogP contribution >= 0.6 is 0 Å². The predicted molar refractivity (Wildman–Crippen MR) is 115 cm³/mol. The number of para-hydroxylation sites is 1. The zero-order valence-electron chi connectivity index (χ0n) is 17.2. The largest absolute Gasteiger partial charge is 0.485 e. The highest BCUT2D eigenvalue weighted by Crippen LogP contribution is 2.23. The minimum Gasteiger partial charge on any atom is -0.485 e. The number of nitrogens with zero attached hydrogens (tertiary/aromatic N) is 2. The van der Waals surface area contributed by atoms with Crippen molar-refractivity contribution in [2.24, 2.45) is 10.9 Å². The van der Waals surface area contributed by atoms with Crippen molar-refractivity contribution < 1.29 is 13.9 Å². The first-order valence-electron chi connectivity index (χ1n) is 10.2. The average molecular weight is 413 g/mol. The van der Waals surface area contributed by atoms with E-state index in [2.05, 4.69) is 25.9 Å². The molecule has 3 N–H and O–H groups in total. The van der Waals surface area contributed by atoms with Gasteiger partial charge in [-0.3, -0.25) is 14.8 Å². The Labute approximate surface area is 176 Å². The maximum Gasteiger partial charge on any atom is 0.253 e. The van der Waals surface area contributed by atoms with Gasteiger partial charge in [-0.2, -0.15) is 0 Å². The Balaban J connectivity index is 1.67. The van der Waals surface area contributed by atoms with E-state index in [1.807, 2.05) is 0 Å². The number of aliphatic imine (C=N–C) groups is 1. The second-order valence-corrected chi connectivity index (χ2v) is 7.11. The maximum atomic E-state index is 13.7. The van der Waals surface area contributed by atoms with Gasteiger partial charge in [-0.05, 0) is 56.6 Å². The van der Waals surface area contributed by atoms with Gasteiger partial charge in [0.2, 0.25) is 0 Å². The summed E-state index contributed by atoms with van der Waals surface area (Å²) in [4.78, 5) is 21.1. The highest BCUT2D eigenvalue weighted by Gasteiger charge is 2.16. The Hall–Kier alpha value is -2.84. The topological polar surface area (TPSA) is 87.6 Å². The third-order valence-corrected chi connectivity index (χ3v) is 5.03. The van der Waals surface area contributed by atoms with Crippen LogP contribution in [0.3, 0.4) is 0 Å². The van der Waals surface area contributed by atoms with Crippen LogP contribution in [0, 0.1) is 11.7 Å². The van der Waals surface area contributed by atoms with Crippen molar-refractivity contribution in [1.82, 2.24) is 20.9 Å². The molecule has 1 aliphatic rings. The quantitative estimate of drug-likeness (QED) is 0.550. The molecule has 1 amide bonds. The van der Waals surface area contributed by atoms with Crippen molar-refractivity contribution in [2.75, 3.05) is 33.3 Å². The third-order valence-electron chi connectivity index (χ3n) is 5.03. The minimum absolute atomic E-state index is 0.0744. The standard InChI is InChI=1S/C22H28FN5O2/c1-24-22(29)17-8-11-27-19(15-26-14-16-6-9-25-10-7-16)21(17)28-12-13-30-20-5-3-2-4-18(20)23/h2-5,8,11-12,16,25-26H,6-7,9-10,13-15H2,1H3,(H,24,29). The van der Waals surface area contributed by atoms with Crippen molar-refractivity contribution in [1.29, 1.82) is 0 Å².